The summed E-state index contributed by atoms with van der Waals surface area (Å²) < 4.78 is 0. The second-order valence-corrected chi connectivity index (χ2v) is 6.63. The lowest BCUT2D eigenvalue weighted by atomic mass is 10.0. The average molecular weight is 318 g/mol. The number of rotatable bonds is 3. The fraction of sp³-hybridized carbons (Fsp3) is 0.600. The van der Waals surface area contributed by atoms with Crippen LogP contribution in [-0.4, -0.2) is 59.2 Å². The highest BCUT2D eigenvalue weighted by Gasteiger charge is 2.33. The average Bonchev–Trinajstić information content (AvgIpc) is 2.98. The first kappa shape index (κ1) is 15.8. The summed E-state index contributed by atoms with van der Waals surface area (Å²) >= 11 is 0. The van der Waals surface area contributed by atoms with E-state index in [0.29, 0.717) is 17.6 Å². The number of nitrogens with zero attached hydrogens (tertiary/aromatic N) is 4. The van der Waals surface area contributed by atoms with Crippen molar-refractivity contribution in [2.45, 2.75) is 25.4 Å². The van der Waals surface area contributed by atoms with Gasteiger partial charge in [-0.1, -0.05) is 13.8 Å². The summed E-state index contributed by atoms with van der Waals surface area (Å²) in [7, 11) is 2.13. The van der Waals surface area contributed by atoms with Crippen LogP contribution in [0.25, 0.3) is 0 Å². The molecule has 6 N–H and O–H groups in total. The quantitative estimate of drug-likeness (QED) is 0.606. The Balaban J connectivity index is 1.88. The van der Waals surface area contributed by atoms with Crippen LogP contribution in [0.2, 0.25) is 0 Å². The van der Waals surface area contributed by atoms with Crippen molar-refractivity contribution in [1.82, 2.24) is 25.3 Å². The van der Waals surface area contributed by atoms with E-state index < -0.39 is 5.66 Å². The van der Waals surface area contributed by atoms with Crippen molar-refractivity contribution in [2.24, 2.45) is 16.5 Å². The topological polar surface area (TPSA) is 112 Å². The van der Waals surface area contributed by atoms with Crippen molar-refractivity contribution in [3.63, 3.8) is 0 Å². The van der Waals surface area contributed by atoms with E-state index in [1.165, 1.54) is 0 Å². The monoisotopic (exact) mass is 318 g/mol. The molecule has 0 amide bonds. The summed E-state index contributed by atoms with van der Waals surface area (Å²) in [6, 6.07) is 1.96. The lowest BCUT2D eigenvalue weighted by Crippen LogP contribution is -2.52. The van der Waals surface area contributed by atoms with Crippen molar-refractivity contribution in [1.29, 1.82) is 0 Å². The fourth-order valence-electron chi connectivity index (χ4n) is 2.82. The van der Waals surface area contributed by atoms with Gasteiger partial charge in [-0.15, -0.1) is 0 Å². The minimum Gasteiger partial charge on any atom is -0.370 e. The highest BCUT2D eigenvalue weighted by Crippen LogP contribution is 2.26. The smallest absolute Gasteiger partial charge is 0.196 e. The minimum atomic E-state index is -1.04. The molecule has 2 aliphatic heterocycles. The molecule has 23 heavy (non-hydrogen) atoms. The number of nitrogens with two attached hydrogens (primary N) is 2. The third-order valence-corrected chi connectivity index (χ3v) is 4.39. The Morgan fingerprint density at radius 1 is 1.26 bits per heavy atom. The van der Waals surface area contributed by atoms with Gasteiger partial charge in [0.25, 0.3) is 0 Å². The molecule has 1 saturated heterocycles. The van der Waals surface area contributed by atoms with Gasteiger partial charge in [0.15, 0.2) is 11.6 Å². The molecule has 0 saturated carbocycles. The molecular formula is C15H26N8. The summed E-state index contributed by atoms with van der Waals surface area (Å²) in [4.78, 5) is 8.93. The molecular weight excluding hydrogens is 292 g/mol. The Labute approximate surface area is 136 Å². The Morgan fingerprint density at radius 2 is 1.96 bits per heavy atom. The van der Waals surface area contributed by atoms with Crippen LogP contribution in [0.15, 0.2) is 23.0 Å². The Morgan fingerprint density at radius 3 is 2.57 bits per heavy atom. The van der Waals surface area contributed by atoms with Gasteiger partial charge in [0.1, 0.15) is 11.5 Å². The second-order valence-electron chi connectivity index (χ2n) is 6.63. The molecule has 3 rings (SSSR count). The van der Waals surface area contributed by atoms with Crippen LogP contribution in [0.4, 0.5) is 0 Å². The standard InChI is InChI=1S/C15H26N8/c1-10(2)11-8-12(21-20-11)15(17)9-13(18-14(16)19-15)23-6-4-22(3)5-7-23/h8-10H,4-7,17H2,1-3H3,(H,20,21)(H3,16,18,19). The van der Waals surface area contributed by atoms with Crippen LogP contribution in [0.1, 0.15) is 31.2 Å². The van der Waals surface area contributed by atoms with Gasteiger partial charge in [-0.25, -0.2) is 4.99 Å². The second kappa shape index (κ2) is 5.86. The molecule has 1 unspecified atom stereocenters. The zero-order valence-electron chi connectivity index (χ0n) is 14.0. The molecule has 0 aromatic carbocycles. The van der Waals surface area contributed by atoms with Gasteiger partial charge in [0, 0.05) is 37.9 Å². The summed E-state index contributed by atoms with van der Waals surface area (Å²) in [5, 5.41) is 10.5. The van der Waals surface area contributed by atoms with Crippen LogP contribution in [0, 0.1) is 0 Å². The molecule has 3 heterocycles. The zero-order chi connectivity index (χ0) is 16.6. The molecule has 0 spiro atoms. The summed E-state index contributed by atoms with van der Waals surface area (Å²) in [6.45, 7) is 8.08. The van der Waals surface area contributed by atoms with Crippen LogP contribution in [0.3, 0.4) is 0 Å². The van der Waals surface area contributed by atoms with Crippen LogP contribution in [0.5, 0.6) is 0 Å². The van der Waals surface area contributed by atoms with Crippen molar-refractivity contribution >= 4 is 5.96 Å². The lowest BCUT2D eigenvalue weighted by molar-refractivity contribution is 0.179. The Bertz CT molecular complexity index is 623. The third-order valence-electron chi connectivity index (χ3n) is 4.39. The van der Waals surface area contributed by atoms with Gasteiger partial charge in [-0.05, 0) is 19.0 Å². The van der Waals surface area contributed by atoms with Crippen LogP contribution >= 0.6 is 0 Å². The largest absolute Gasteiger partial charge is 0.370 e. The van der Waals surface area contributed by atoms with Crippen molar-refractivity contribution in [3.8, 4) is 0 Å². The van der Waals surface area contributed by atoms with E-state index in [1.807, 2.05) is 12.1 Å². The highest BCUT2D eigenvalue weighted by molar-refractivity contribution is 5.81. The van der Waals surface area contributed by atoms with Crippen molar-refractivity contribution in [2.75, 3.05) is 33.2 Å². The molecule has 1 aromatic heterocycles. The normalized spacial score (nSPS) is 26.0. The molecule has 8 nitrogen and oxygen atoms in total. The van der Waals surface area contributed by atoms with E-state index in [2.05, 4.69) is 51.2 Å². The predicted molar refractivity (Wildman–Crippen MR) is 90.5 cm³/mol. The number of piperazine rings is 1. The van der Waals surface area contributed by atoms with Gasteiger partial charge in [0.05, 0.1) is 0 Å². The first-order valence-electron chi connectivity index (χ1n) is 8.01. The van der Waals surface area contributed by atoms with Gasteiger partial charge in [-0.3, -0.25) is 10.8 Å². The number of aromatic amines is 1. The Hall–Kier alpha value is -2.06. The molecule has 0 aliphatic carbocycles. The highest BCUT2D eigenvalue weighted by atomic mass is 15.4. The maximum atomic E-state index is 6.51. The minimum absolute atomic E-state index is 0.318. The number of aromatic nitrogens is 2. The van der Waals surface area contributed by atoms with Crippen molar-refractivity contribution in [3.05, 3.63) is 29.4 Å². The number of hydrogen-bond donors (Lipinski definition) is 4. The van der Waals surface area contributed by atoms with E-state index in [-0.39, 0.29) is 0 Å². The zero-order valence-corrected chi connectivity index (χ0v) is 14.0. The molecule has 0 bridgehead atoms. The summed E-state index contributed by atoms with van der Waals surface area (Å²) in [5.41, 5.74) is 13.2. The molecule has 8 heteroatoms. The molecule has 2 aliphatic rings. The maximum absolute atomic E-state index is 6.51. The third kappa shape index (κ3) is 3.18. The van der Waals surface area contributed by atoms with Crippen LogP contribution < -0.4 is 16.8 Å². The van der Waals surface area contributed by atoms with E-state index >= 15 is 0 Å². The Kier molecular flexibility index (Phi) is 4.03. The van der Waals surface area contributed by atoms with E-state index in [1.54, 1.807) is 0 Å². The van der Waals surface area contributed by atoms with Crippen LogP contribution in [-0.2, 0) is 5.66 Å². The predicted octanol–water partition coefficient (Wildman–Crippen LogP) is -0.349. The number of nitrogens with one attached hydrogen (secondary N) is 2. The first-order chi connectivity index (χ1) is 10.9. The summed E-state index contributed by atoms with van der Waals surface area (Å²) in [5.74, 6) is 1.57. The van der Waals surface area contributed by atoms with E-state index in [0.717, 1.165) is 37.7 Å². The number of guanidine groups is 1. The van der Waals surface area contributed by atoms with Gasteiger partial charge >= 0.3 is 0 Å². The molecule has 126 valence electrons. The van der Waals surface area contributed by atoms with Gasteiger partial charge < -0.3 is 20.9 Å². The lowest BCUT2D eigenvalue weighted by Gasteiger charge is -2.38. The number of aliphatic imine (C=N–C) groups is 1. The van der Waals surface area contributed by atoms with Gasteiger partial charge in [-0.2, -0.15) is 5.10 Å². The van der Waals surface area contributed by atoms with E-state index in [4.69, 9.17) is 11.5 Å². The number of H-pyrrole nitrogens is 1. The fourth-order valence-corrected chi connectivity index (χ4v) is 2.82. The molecule has 1 atom stereocenters. The first-order valence-corrected chi connectivity index (χ1v) is 8.01. The molecule has 1 fully saturated rings. The maximum Gasteiger partial charge on any atom is 0.196 e. The summed E-state index contributed by atoms with van der Waals surface area (Å²) in [6.07, 6.45) is 1.91. The molecule has 1 aromatic rings. The SMILES string of the molecule is CC(C)c1cc(C2(N)C=C(N3CCN(C)CC3)NC(N)=N2)n[nH]1. The van der Waals surface area contributed by atoms with Crippen molar-refractivity contribution < 1.29 is 0 Å². The molecule has 0 radical (unpaired) electrons. The number of likely N-dealkylation sites (N-methyl/N-ethyl adjacent to an activating group) is 1. The van der Waals surface area contributed by atoms with E-state index in [9.17, 15) is 0 Å². The van der Waals surface area contributed by atoms with Gasteiger partial charge in [0.2, 0.25) is 0 Å². The number of hydrogen-bond acceptors (Lipinski definition) is 7.